The van der Waals surface area contributed by atoms with Gasteiger partial charge in [-0.1, -0.05) is 128 Å². The Labute approximate surface area is 169 Å². The molecule has 2 heteroatoms. The largest absolute Gasteiger partial charge is 0.281 e. The van der Waals surface area contributed by atoms with Crippen LogP contribution >= 0.6 is 11.6 Å². The summed E-state index contributed by atoms with van der Waals surface area (Å²) < 4.78 is 0. The minimum absolute atomic E-state index is 0.265. The molecule has 0 bridgehead atoms. The summed E-state index contributed by atoms with van der Waals surface area (Å²) in [6.07, 6.45) is 30.9. The molecular weight excluding hydrogens is 340 g/mol. The predicted molar refractivity (Wildman–Crippen MR) is 118 cm³/mol. The van der Waals surface area contributed by atoms with E-state index in [0.29, 0.717) is 6.42 Å². The fraction of sp³-hybridized carbons (Fsp3) is 0.875. The third-order valence-corrected chi connectivity index (χ3v) is 5.32. The molecule has 154 valence electrons. The van der Waals surface area contributed by atoms with Gasteiger partial charge < -0.3 is 0 Å². The van der Waals surface area contributed by atoms with E-state index in [1.54, 1.807) is 0 Å². The third kappa shape index (κ3) is 23.7. The quantitative estimate of drug-likeness (QED) is 0.109. The van der Waals surface area contributed by atoms with Crippen molar-refractivity contribution in [1.29, 1.82) is 0 Å². The van der Waals surface area contributed by atoms with Gasteiger partial charge in [-0.15, -0.1) is 0 Å². The Bertz CT molecular complexity index is 311. The summed E-state index contributed by atoms with van der Waals surface area (Å²) in [5, 5.41) is -0.265. The first-order valence-electron chi connectivity index (χ1n) is 11.6. The maximum absolute atomic E-state index is 10.6. The fourth-order valence-corrected chi connectivity index (χ4v) is 3.55. The summed E-state index contributed by atoms with van der Waals surface area (Å²) >= 11 is 5.28. The maximum Gasteiger partial charge on any atom is 0.225 e. The van der Waals surface area contributed by atoms with Gasteiger partial charge >= 0.3 is 0 Å². The van der Waals surface area contributed by atoms with Crippen molar-refractivity contribution < 1.29 is 4.79 Å². The zero-order chi connectivity index (χ0) is 19.1. The van der Waals surface area contributed by atoms with Crippen molar-refractivity contribution in [3.05, 3.63) is 12.2 Å². The summed E-state index contributed by atoms with van der Waals surface area (Å²) in [6, 6.07) is 0. The van der Waals surface area contributed by atoms with Gasteiger partial charge in [0.15, 0.2) is 0 Å². The summed E-state index contributed by atoms with van der Waals surface area (Å²) in [5.41, 5.74) is 0. The highest BCUT2D eigenvalue weighted by atomic mass is 35.5. The topological polar surface area (TPSA) is 17.1 Å². The van der Waals surface area contributed by atoms with Crippen LogP contribution in [0.4, 0.5) is 0 Å². The van der Waals surface area contributed by atoms with E-state index in [1.165, 1.54) is 116 Å². The normalized spacial score (nSPS) is 11.5. The lowest BCUT2D eigenvalue weighted by molar-refractivity contribution is -0.110. The van der Waals surface area contributed by atoms with Crippen molar-refractivity contribution in [3.8, 4) is 0 Å². The molecular formula is C24H45ClO. The fourth-order valence-electron chi connectivity index (χ4n) is 3.46. The average Bonchev–Trinajstić information content (AvgIpc) is 2.62. The number of carbonyl (C=O) groups is 1. The van der Waals surface area contributed by atoms with Gasteiger partial charge in [0.05, 0.1) is 0 Å². The van der Waals surface area contributed by atoms with E-state index in [2.05, 4.69) is 13.0 Å². The Morgan fingerprint density at radius 2 is 0.923 bits per heavy atom. The number of hydrogen-bond acceptors (Lipinski definition) is 1. The summed E-state index contributed by atoms with van der Waals surface area (Å²) in [4.78, 5) is 10.6. The number of rotatable bonds is 21. The molecule has 0 fully saturated rings. The minimum Gasteiger partial charge on any atom is -0.281 e. The number of hydrogen-bond donors (Lipinski definition) is 0. The van der Waals surface area contributed by atoms with E-state index in [4.69, 9.17) is 11.6 Å². The minimum atomic E-state index is -0.265. The van der Waals surface area contributed by atoms with Crippen molar-refractivity contribution in [2.45, 2.75) is 135 Å². The molecule has 0 aliphatic heterocycles. The molecule has 1 nitrogen and oxygen atoms in total. The standard InChI is InChI=1S/C24H45ClO/c1-2-3-4-5-6-7-8-9-10-11-12-13-14-15-16-17-18-19-20-21-22-23-24(25)26/h21-22H,2-20,23H2,1H3/b22-21+. The van der Waals surface area contributed by atoms with Gasteiger partial charge in [0.25, 0.3) is 0 Å². The molecule has 0 aromatic carbocycles. The number of unbranched alkanes of at least 4 members (excludes halogenated alkanes) is 18. The van der Waals surface area contributed by atoms with E-state index in [0.717, 1.165) is 6.42 Å². The van der Waals surface area contributed by atoms with Crippen LogP contribution in [0.3, 0.4) is 0 Å². The van der Waals surface area contributed by atoms with Crippen LogP contribution in [0.2, 0.25) is 0 Å². The first kappa shape index (κ1) is 25.7. The number of halogens is 1. The molecule has 0 atom stereocenters. The third-order valence-electron chi connectivity index (χ3n) is 5.17. The van der Waals surface area contributed by atoms with Crippen molar-refractivity contribution in [2.24, 2.45) is 0 Å². The van der Waals surface area contributed by atoms with Crippen LogP contribution in [0.15, 0.2) is 12.2 Å². The molecule has 0 heterocycles. The van der Waals surface area contributed by atoms with Gasteiger partial charge in [-0.25, -0.2) is 0 Å². The Balaban J connectivity index is 3.03. The van der Waals surface area contributed by atoms with Crippen LogP contribution in [-0.4, -0.2) is 5.24 Å². The van der Waals surface area contributed by atoms with Crippen molar-refractivity contribution in [3.63, 3.8) is 0 Å². The molecule has 0 aromatic rings. The summed E-state index contributed by atoms with van der Waals surface area (Å²) in [5.74, 6) is 0. The zero-order valence-corrected chi connectivity index (χ0v) is 18.3. The zero-order valence-electron chi connectivity index (χ0n) is 17.6. The van der Waals surface area contributed by atoms with Crippen LogP contribution in [-0.2, 0) is 4.79 Å². The van der Waals surface area contributed by atoms with Crippen molar-refractivity contribution in [2.75, 3.05) is 0 Å². The van der Waals surface area contributed by atoms with Crippen LogP contribution in [0.1, 0.15) is 135 Å². The molecule has 0 N–H and O–H groups in total. The van der Waals surface area contributed by atoms with Crippen LogP contribution in [0, 0.1) is 0 Å². The second-order valence-corrected chi connectivity index (χ2v) is 8.25. The van der Waals surface area contributed by atoms with Crippen LogP contribution in [0.25, 0.3) is 0 Å². The Hall–Kier alpha value is -0.300. The number of carbonyl (C=O) groups excluding carboxylic acids is 1. The van der Waals surface area contributed by atoms with E-state index in [-0.39, 0.29) is 5.24 Å². The van der Waals surface area contributed by atoms with E-state index >= 15 is 0 Å². The van der Waals surface area contributed by atoms with Crippen LogP contribution in [0.5, 0.6) is 0 Å². The molecule has 0 radical (unpaired) electrons. The van der Waals surface area contributed by atoms with Crippen molar-refractivity contribution >= 4 is 16.8 Å². The lowest BCUT2D eigenvalue weighted by Gasteiger charge is -2.03. The maximum atomic E-state index is 10.6. The first-order chi connectivity index (χ1) is 12.8. The summed E-state index contributed by atoms with van der Waals surface area (Å²) in [6.45, 7) is 2.29. The van der Waals surface area contributed by atoms with Crippen molar-refractivity contribution in [1.82, 2.24) is 0 Å². The van der Waals surface area contributed by atoms with E-state index < -0.39 is 0 Å². The molecule has 0 aromatic heterocycles. The monoisotopic (exact) mass is 384 g/mol. The van der Waals surface area contributed by atoms with E-state index in [1.807, 2.05) is 6.08 Å². The van der Waals surface area contributed by atoms with E-state index in [9.17, 15) is 4.79 Å². The average molecular weight is 385 g/mol. The molecule has 0 aliphatic carbocycles. The van der Waals surface area contributed by atoms with Gasteiger partial charge in [0.2, 0.25) is 5.24 Å². The highest BCUT2D eigenvalue weighted by molar-refractivity contribution is 6.63. The molecule has 0 unspecified atom stereocenters. The molecule has 26 heavy (non-hydrogen) atoms. The van der Waals surface area contributed by atoms with Gasteiger partial charge in [0.1, 0.15) is 0 Å². The van der Waals surface area contributed by atoms with Gasteiger partial charge in [-0.3, -0.25) is 4.79 Å². The lowest BCUT2D eigenvalue weighted by atomic mass is 10.0. The first-order valence-corrected chi connectivity index (χ1v) is 12.0. The highest BCUT2D eigenvalue weighted by Crippen LogP contribution is 2.14. The highest BCUT2D eigenvalue weighted by Gasteiger charge is 1.95. The summed E-state index contributed by atoms with van der Waals surface area (Å²) in [7, 11) is 0. The molecule has 0 amide bonds. The SMILES string of the molecule is CCCCCCCCCCCCCCCCCCCC/C=C/CC(=O)Cl. The Morgan fingerprint density at radius 3 is 1.27 bits per heavy atom. The lowest BCUT2D eigenvalue weighted by Crippen LogP contribution is -1.84. The molecule has 0 saturated heterocycles. The molecule has 0 saturated carbocycles. The number of allylic oxidation sites excluding steroid dienone is 2. The molecule has 0 rings (SSSR count). The van der Waals surface area contributed by atoms with Gasteiger partial charge in [-0.2, -0.15) is 0 Å². The van der Waals surface area contributed by atoms with Crippen LogP contribution < -0.4 is 0 Å². The second kappa shape index (κ2) is 22.7. The van der Waals surface area contributed by atoms with Gasteiger partial charge in [0, 0.05) is 6.42 Å². The molecule has 0 spiro atoms. The second-order valence-electron chi connectivity index (χ2n) is 7.83. The van der Waals surface area contributed by atoms with Gasteiger partial charge in [-0.05, 0) is 24.4 Å². The Morgan fingerprint density at radius 1 is 0.577 bits per heavy atom. The predicted octanol–water partition coefficient (Wildman–Crippen LogP) is 9.13. The Kier molecular flexibility index (Phi) is 22.5. The molecule has 0 aliphatic rings. The smallest absolute Gasteiger partial charge is 0.225 e.